The summed E-state index contributed by atoms with van der Waals surface area (Å²) < 4.78 is 0. The lowest BCUT2D eigenvalue weighted by atomic mass is 9.97. The van der Waals surface area contributed by atoms with Crippen molar-refractivity contribution in [2.45, 2.75) is 47.1 Å². The zero-order chi connectivity index (χ0) is 13.9. The minimum atomic E-state index is -1.01. The first-order chi connectivity index (χ1) is 7.43. The quantitative estimate of drug-likeness (QED) is 0.797. The molecule has 0 aromatic rings. The Hall–Kier alpha value is -1.26. The number of carboxylic acids is 1. The van der Waals surface area contributed by atoms with E-state index in [0.717, 1.165) is 0 Å². The fraction of sp³-hybridized carbons (Fsp3) is 0.833. The molecule has 17 heavy (non-hydrogen) atoms. The first-order valence-corrected chi connectivity index (χ1v) is 5.71. The van der Waals surface area contributed by atoms with Crippen molar-refractivity contribution >= 4 is 12.0 Å². The highest BCUT2D eigenvalue weighted by Gasteiger charge is 2.28. The molecular weight excluding hydrogens is 220 g/mol. The average Bonchev–Trinajstić information content (AvgIpc) is 2.07. The summed E-state index contributed by atoms with van der Waals surface area (Å²) in [6, 6.07) is -0.338. The van der Waals surface area contributed by atoms with Crippen molar-refractivity contribution in [1.29, 1.82) is 0 Å². The smallest absolute Gasteiger partial charge is 0.323 e. The number of nitrogens with one attached hydrogen (secondary N) is 1. The van der Waals surface area contributed by atoms with Crippen molar-refractivity contribution in [3.63, 3.8) is 0 Å². The Bertz CT molecular complexity index is 287. The summed E-state index contributed by atoms with van der Waals surface area (Å²) in [6.45, 7) is 11.7. The van der Waals surface area contributed by atoms with E-state index in [9.17, 15) is 9.59 Å². The third-order valence-corrected chi connectivity index (χ3v) is 2.12. The van der Waals surface area contributed by atoms with E-state index in [1.165, 1.54) is 4.90 Å². The Morgan fingerprint density at radius 2 is 1.59 bits per heavy atom. The number of nitrogens with zero attached hydrogens (tertiary/aromatic N) is 1. The van der Waals surface area contributed by atoms with Crippen LogP contribution < -0.4 is 5.32 Å². The summed E-state index contributed by atoms with van der Waals surface area (Å²) in [5.41, 5.74) is -0.539. The third-order valence-electron chi connectivity index (χ3n) is 2.12. The van der Waals surface area contributed by atoms with Crippen LogP contribution in [0.3, 0.4) is 0 Å². The highest BCUT2D eigenvalue weighted by molar-refractivity contribution is 5.80. The zero-order valence-electron chi connectivity index (χ0n) is 11.6. The highest BCUT2D eigenvalue weighted by atomic mass is 16.4. The van der Waals surface area contributed by atoms with Crippen molar-refractivity contribution in [2.24, 2.45) is 5.41 Å². The van der Waals surface area contributed by atoms with Crippen molar-refractivity contribution < 1.29 is 14.7 Å². The molecule has 0 aromatic carbocycles. The topological polar surface area (TPSA) is 69.6 Å². The van der Waals surface area contributed by atoms with Crippen LogP contribution in [0.4, 0.5) is 4.79 Å². The summed E-state index contributed by atoms with van der Waals surface area (Å²) in [6.07, 6.45) is 0. The lowest BCUT2D eigenvalue weighted by molar-refractivity contribution is -0.138. The lowest BCUT2D eigenvalue weighted by Gasteiger charge is -2.35. The largest absolute Gasteiger partial charge is 0.480 e. The summed E-state index contributed by atoms with van der Waals surface area (Å²) in [5, 5.41) is 11.6. The third kappa shape index (κ3) is 6.81. The second-order valence-corrected chi connectivity index (χ2v) is 6.37. The molecule has 2 N–H and O–H groups in total. The fourth-order valence-electron chi connectivity index (χ4n) is 1.19. The summed E-state index contributed by atoms with van der Waals surface area (Å²) in [4.78, 5) is 24.0. The summed E-state index contributed by atoms with van der Waals surface area (Å²) in [5.74, 6) is -1.01. The highest BCUT2D eigenvalue weighted by Crippen LogP contribution is 2.15. The minimum Gasteiger partial charge on any atom is -0.480 e. The van der Waals surface area contributed by atoms with Crippen LogP contribution in [0, 0.1) is 5.41 Å². The van der Waals surface area contributed by atoms with Gasteiger partial charge in [-0.3, -0.25) is 4.79 Å². The number of carboxylic acid groups (broad SMARTS) is 1. The number of rotatable bonds is 3. The second-order valence-electron chi connectivity index (χ2n) is 6.37. The van der Waals surface area contributed by atoms with Crippen LogP contribution in [0.1, 0.15) is 41.5 Å². The van der Waals surface area contributed by atoms with E-state index in [4.69, 9.17) is 5.11 Å². The molecular formula is C12H24N2O3. The fourth-order valence-corrected chi connectivity index (χ4v) is 1.19. The predicted octanol–water partition coefficient (Wildman–Crippen LogP) is 1.93. The molecule has 0 radical (unpaired) electrons. The molecule has 0 aliphatic heterocycles. The molecule has 100 valence electrons. The van der Waals surface area contributed by atoms with Gasteiger partial charge >= 0.3 is 12.0 Å². The molecule has 0 aliphatic rings. The molecule has 0 spiro atoms. The number of hydrogen-bond donors (Lipinski definition) is 2. The van der Waals surface area contributed by atoms with Gasteiger partial charge in [-0.25, -0.2) is 4.79 Å². The molecule has 0 rings (SSSR count). The van der Waals surface area contributed by atoms with Gasteiger partial charge in [-0.2, -0.15) is 0 Å². The molecule has 2 amide bonds. The monoisotopic (exact) mass is 244 g/mol. The lowest BCUT2D eigenvalue weighted by Crippen LogP contribution is -2.53. The molecule has 5 nitrogen and oxygen atoms in total. The van der Waals surface area contributed by atoms with E-state index >= 15 is 0 Å². The van der Waals surface area contributed by atoms with Gasteiger partial charge in [0.15, 0.2) is 0 Å². The number of carbonyl (C=O) groups is 2. The van der Waals surface area contributed by atoms with Gasteiger partial charge in [-0.15, -0.1) is 0 Å². The Balaban J connectivity index is 4.61. The zero-order valence-corrected chi connectivity index (χ0v) is 11.6. The normalized spacial score (nSPS) is 12.1. The van der Waals surface area contributed by atoms with E-state index in [1.807, 2.05) is 41.5 Å². The molecule has 0 heterocycles. The van der Waals surface area contributed by atoms with Gasteiger partial charge in [0, 0.05) is 12.1 Å². The Kier molecular flexibility index (Phi) is 4.98. The molecule has 5 heteroatoms. The van der Waals surface area contributed by atoms with Gasteiger partial charge in [0.2, 0.25) is 0 Å². The minimum absolute atomic E-state index is 0.0254. The standard InChI is InChI=1S/C12H24N2O3/c1-11(2,3)8-13-10(17)14(7-9(15)16)12(4,5)6/h7-8H2,1-6H3,(H,13,17)(H,15,16). The first-order valence-electron chi connectivity index (χ1n) is 5.71. The van der Waals surface area contributed by atoms with Gasteiger partial charge in [-0.1, -0.05) is 20.8 Å². The van der Waals surface area contributed by atoms with Gasteiger partial charge in [0.1, 0.15) is 6.54 Å². The Morgan fingerprint density at radius 3 is 1.88 bits per heavy atom. The van der Waals surface area contributed by atoms with Crippen LogP contribution >= 0.6 is 0 Å². The van der Waals surface area contributed by atoms with Gasteiger partial charge < -0.3 is 15.3 Å². The summed E-state index contributed by atoms with van der Waals surface area (Å²) in [7, 11) is 0. The maximum Gasteiger partial charge on any atom is 0.323 e. The van der Waals surface area contributed by atoms with Crippen molar-refractivity contribution in [3.05, 3.63) is 0 Å². The maximum atomic E-state index is 11.9. The van der Waals surface area contributed by atoms with Crippen LogP contribution in [0.25, 0.3) is 0 Å². The Labute approximate surface area is 103 Å². The first kappa shape index (κ1) is 15.7. The van der Waals surface area contributed by atoms with E-state index < -0.39 is 11.5 Å². The number of carbonyl (C=O) groups excluding carboxylic acids is 1. The molecule has 0 atom stereocenters. The molecule has 0 saturated carbocycles. The SMILES string of the molecule is CC(C)(C)CNC(=O)N(CC(=O)O)C(C)(C)C. The molecule has 0 bridgehead atoms. The predicted molar refractivity (Wildman–Crippen MR) is 66.9 cm³/mol. The van der Waals surface area contributed by atoms with Crippen molar-refractivity contribution in [1.82, 2.24) is 10.2 Å². The Morgan fingerprint density at radius 1 is 1.12 bits per heavy atom. The van der Waals surface area contributed by atoms with Crippen LogP contribution in [-0.4, -0.2) is 40.6 Å². The number of aliphatic carboxylic acids is 1. The van der Waals surface area contributed by atoms with Crippen LogP contribution in [0.15, 0.2) is 0 Å². The summed E-state index contributed by atoms with van der Waals surface area (Å²) >= 11 is 0. The second kappa shape index (κ2) is 5.38. The average molecular weight is 244 g/mol. The van der Waals surface area contributed by atoms with E-state index in [0.29, 0.717) is 6.54 Å². The van der Waals surface area contributed by atoms with E-state index in [-0.39, 0.29) is 18.0 Å². The molecule has 0 unspecified atom stereocenters. The van der Waals surface area contributed by atoms with Crippen LogP contribution in [-0.2, 0) is 4.79 Å². The van der Waals surface area contributed by atoms with E-state index in [2.05, 4.69) is 5.32 Å². The van der Waals surface area contributed by atoms with E-state index in [1.54, 1.807) is 0 Å². The molecule has 0 aromatic heterocycles. The molecule has 0 aliphatic carbocycles. The van der Waals surface area contributed by atoms with Crippen molar-refractivity contribution in [2.75, 3.05) is 13.1 Å². The van der Waals surface area contributed by atoms with Gasteiger partial charge in [0.05, 0.1) is 0 Å². The number of amides is 2. The van der Waals surface area contributed by atoms with Gasteiger partial charge in [0.25, 0.3) is 0 Å². The van der Waals surface area contributed by atoms with Crippen LogP contribution in [0.2, 0.25) is 0 Å². The molecule has 0 fully saturated rings. The maximum absolute atomic E-state index is 11.9. The number of urea groups is 1. The number of hydrogen-bond acceptors (Lipinski definition) is 2. The van der Waals surface area contributed by atoms with Crippen molar-refractivity contribution in [3.8, 4) is 0 Å². The van der Waals surface area contributed by atoms with Crippen LogP contribution in [0.5, 0.6) is 0 Å². The van der Waals surface area contributed by atoms with Gasteiger partial charge in [-0.05, 0) is 26.2 Å². The molecule has 0 saturated heterocycles.